The van der Waals surface area contributed by atoms with Gasteiger partial charge in [0.1, 0.15) is 11.5 Å². The zero-order valence-electron chi connectivity index (χ0n) is 11.9. The summed E-state index contributed by atoms with van der Waals surface area (Å²) in [6, 6.07) is 12.5. The maximum atomic E-state index is 12.3. The van der Waals surface area contributed by atoms with E-state index in [0.717, 1.165) is 5.56 Å². The summed E-state index contributed by atoms with van der Waals surface area (Å²) in [4.78, 5) is 12.3. The number of rotatable bonds is 5. The molecule has 2 aromatic carbocycles. The molecule has 2 rings (SSSR count). The quantitative estimate of drug-likeness (QED) is 0.922. The van der Waals surface area contributed by atoms with Crippen molar-refractivity contribution in [2.45, 2.75) is 6.54 Å². The highest BCUT2D eigenvalue weighted by Crippen LogP contribution is 2.24. The van der Waals surface area contributed by atoms with Gasteiger partial charge in [0.25, 0.3) is 5.91 Å². The van der Waals surface area contributed by atoms with Gasteiger partial charge in [-0.05, 0) is 29.8 Å². The molecule has 5 heteroatoms. The molecule has 1 amide bonds. The molecular weight excluding hydrogens is 290 g/mol. The summed E-state index contributed by atoms with van der Waals surface area (Å²) in [6.45, 7) is 0.346. The molecular formula is C16H16ClNO3. The lowest BCUT2D eigenvalue weighted by Gasteiger charge is -2.11. The van der Waals surface area contributed by atoms with Gasteiger partial charge in [-0.1, -0.05) is 29.8 Å². The molecule has 0 fully saturated rings. The van der Waals surface area contributed by atoms with E-state index < -0.39 is 0 Å². The minimum Gasteiger partial charge on any atom is -0.497 e. The molecule has 0 atom stereocenters. The van der Waals surface area contributed by atoms with E-state index in [1.54, 1.807) is 31.4 Å². The first-order valence-corrected chi connectivity index (χ1v) is 6.77. The van der Waals surface area contributed by atoms with Crippen LogP contribution in [0.2, 0.25) is 5.02 Å². The Morgan fingerprint density at radius 1 is 1.14 bits per heavy atom. The molecule has 2 aromatic rings. The number of hydrogen-bond acceptors (Lipinski definition) is 3. The van der Waals surface area contributed by atoms with E-state index in [-0.39, 0.29) is 5.91 Å². The fourth-order valence-electron chi connectivity index (χ4n) is 1.90. The highest BCUT2D eigenvalue weighted by Gasteiger charge is 2.13. The molecule has 0 aliphatic carbocycles. The van der Waals surface area contributed by atoms with Crippen molar-refractivity contribution < 1.29 is 14.3 Å². The second-order valence-corrected chi connectivity index (χ2v) is 4.75. The zero-order chi connectivity index (χ0) is 15.2. The molecule has 0 heterocycles. The van der Waals surface area contributed by atoms with Crippen molar-refractivity contribution in [2.24, 2.45) is 0 Å². The maximum absolute atomic E-state index is 12.3. The van der Waals surface area contributed by atoms with Crippen molar-refractivity contribution in [3.05, 3.63) is 58.6 Å². The second kappa shape index (κ2) is 6.99. The first-order valence-electron chi connectivity index (χ1n) is 6.39. The number of carbonyl (C=O) groups excluding carboxylic acids is 1. The predicted octanol–water partition coefficient (Wildman–Crippen LogP) is 3.29. The van der Waals surface area contributed by atoms with Crippen molar-refractivity contribution in [1.82, 2.24) is 5.32 Å². The van der Waals surface area contributed by atoms with Gasteiger partial charge in [-0.3, -0.25) is 4.79 Å². The van der Waals surface area contributed by atoms with Crippen molar-refractivity contribution >= 4 is 17.5 Å². The van der Waals surface area contributed by atoms with E-state index in [9.17, 15) is 4.79 Å². The molecule has 0 aliphatic rings. The summed E-state index contributed by atoms with van der Waals surface area (Å²) < 4.78 is 10.3. The number of amides is 1. The van der Waals surface area contributed by atoms with Crippen LogP contribution >= 0.6 is 11.6 Å². The smallest absolute Gasteiger partial charge is 0.255 e. The lowest BCUT2D eigenvalue weighted by molar-refractivity contribution is 0.0947. The van der Waals surface area contributed by atoms with Crippen LogP contribution in [0.5, 0.6) is 11.5 Å². The Kier molecular flexibility index (Phi) is 5.06. The first kappa shape index (κ1) is 15.2. The molecule has 0 aliphatic heterocycles. The normalized spacial score (nSPS) is 10.0. The number of halogens is 1. The molecule has 0 unspecified atom stereocenters. The van der Waals surface area contributed by atoms with Crippen molar-refractivity contribution in [1.29, 1.82) is 0 Å². The van der Waals surface area contributed by atoms with Gasteiger partial charge < -0.3 is 14.8 Å². The van der Waals surface area contributed by atoms with Crippen LogP contribution in [-0.2, 0) is 6.54 Å². The van der Waals surface area contributed by atoms with Gasteiger partial charge in [0.2, 0.25) is 0 Å². The van der Waals surface area contributed by atoms with E-state index >= 15 is 0 Å². The summed E-state index contributed by atoms with van der Waals surface area (Å²) in [5, 5.41) is 3.44. The monoisotopic (exact) mass is 305 g/mol. The Labute approximate surface area is 128 Å². The Bertz CT molecular complexity index is 643. The molecule has 110 valence electrons. The van der Waals surface area contributed by atoms with E-state index in [2.05, 4.69) is 5.32 Å². The van der Waals surface area contributed by atoms with Crippen LogP contribution < -0.4 is 14.8 Å². The number of carbonyl (C=O) groups is 1. The van der Waals surface area contributed by atoms with Crippen LogP contribution in [0.1, 0.15) is 15.9 Å². The van der Waals surface area contributed by atoms with E-state index in [0.29, 0.717) is 28.6 Å². The van der Waals surface area contributed by atoms with E-state index in [1.807, 2.05) is 18.2 Å². The van der Waals surface area contributed by atoms with Crippen molar-refractivity contribution in [2.75, 3.05) is 14.2 Å². The number of benzene rings is 2. The molecule has 0 saturated heterocycles. The summed E-state index contributed by atoms with van der Waals surface area (Å²) in [7, 11) is 3.07. The first-order chi connectivity index (χ1) is 10.2. The summed E-state index contributed by atoms with van der Waals surface area (Å²) in [6.07, 6.45) is 0. The van der Waals surface area contributed by atoms with Gasteiger partial charge >= 0.3 is 0 Å². The SMILES string of the molecule is COc1ccc(OC)c(C(=O)NCc2ccccc2Cl)c1. The van der Waals surface area contributed by atoms with Gasteiger partial charge in [0, 0.05) is 11.6 Å². The molecule has 4 nitrogen and oxygen atoms in total. The molecule has 0 spiro atoms. The number of hydrogen-bond donors (Lipinski definition) is 1. The van der Waals surface area contributed by atoms with Gasteiger partial charge in [-0.25, -0.2) is 0 Å². The highest BCUT2D eigenvalue weighted by atomic mass is 35.5. The van der Waals surface area contributed by atoms with Crippen molar-refractivity contribution in [3.63, 3.8) is 0 Å². The van der Waals surface area contributed by atoms with Crippen LogP contribution in [-0.4, -0.2) is 20.1 Å². The maximum Gasteiger partial charge on any atom is 0.255 e. The molecule has 0 bridgehead atoms. The molecule has 21 heavy (non-hydrogen) atoms. The summed E-state index contributed by atoms with van der Waals surface area (Å²) >= 11 is 6.06. The molecule has 1 N–H and O–H groups in total. The molecule has 0 saturated carbocycles. The topological polar surface area (TPSA) is 47.6 Å². The largest absolute Gasteiger partial charge is 0.497 e. The van der Waals surface area contributed by atoms with Gasteiger partial charge in [0.15, 0.2) is 0 Å². The highest BCUT2D eigenvalue weighted by molar-refractivity contribution is 6.31. The van der Waals surface area contributed by atoms with E-state index in [4.69, 9.17) is 21.1 Å². The molecule has 0 radical (unpaired) electrons. The van der Waals surface area contributed by atoms with E-state index in [1.165, 1.54) is 7.11 Å². The average molecular weight is 306 g/mol. The fourth-order valence-corrected chi connectivity index (χ4v) is 2.11. The van der Waals surface area contributed by atoms with Crippen LogP contribution in [0.4, 0.5) is 0 Å². The third kappa shape index (κ3) is 3.67. The minimum absolute atomic E-state index is 0.245. The molecule has 0 aromatic heterocycles. The Balaban J connectivity index is 2.15. The Morgan fingerprint density at radius 2 is 1.90 bits per heavy atom. The summed E-state index contributed by atoms with van der Waals surface area (Å²) in [5.41, 5.74) is 1.28. The standard InChI is InChI=1S/C16H16ClNO3/c1-20-12-7-8-15(21-2)13(9-12)16(19)18-10-11-5-3-4-6-14(11)17/h3-9H,10H2,1-2H3,(H,18,19). The Hall–Kier alpha value is -2.20. The third-order valence-corrected chi connectivity index (χ3v) is 3.42. The predicted molar refractivity (Wildman–Crippen MR) is 82.2 cm³/mol. The zero-order valence-corrected chi connectivity index (χ0v) is 12.6. The van der Waals surface area contributed by atoms with Crippen LogP contribution in [0.3, 0.4) is 0 Å². The average Bonchev–Trinajstić information content (AvgIpc) is 2.53. The van der Waals surface area contributed by atoms with Crippen molar-refractivity contribution in [3.8, 4) is 11.5 Å². The van der Waals surface area contributed by atoms with Crippen LogP contribution in [0.15, 0.2) is 42.5 Å². The van der Waals surface area contributed by atoms with Gasteiger partial charge in [-0.2, -0.15) is 0 Å². The summed E-state index contributed by atoms with van der Waals surface area (Å²) in [5.74, 6) is 0.844. The lowest BCUT2D eigenvalue weighted by Crippen LogP contribution is -2.23. The third-order valence-electron chi connectivity index (χ3n) is 3.05. The number of methoxy groups -OCH3 is 2. The van der Waals surface area contributed by atoms with Crippen LogP contribution in [0, 0.1) is 0 Å². The van der Waals surface area contributed by atoms with Gasteiger partial charge in [-0.15, -0.1) is 0 Å². The number of nitrogens with one attached hydrogen (secondary N) is 1. The van der Waals surface area contributed by atoms with Crippen LogP contribution in [0.25, 0.3) is 0 Å². The fraction of sp³-hybridized carbons (Fsp3) is 0.188. The second-order valence-electron chi connectivity index (χ2n) is 4.34. The lowest BCUT2D eigenvalue weighted by atomic mass is 10.1. The minimum atomic E-state index is -0.245. The Morgan fingerprint density at radius 3 is 2.57 bits per heavy atom. The number of ether oxygens (including phenoxy) is 2. The van der Waals surface area contributed by atoms with Gasteiger partial charge in [0.05, 0.1) is 19.8 Å².